The number of hydrogen-bond acceptors (Lipinski definition) is 2. The number of rotatable bonds is 14. The summed E-state index contributed by atoms with van der Waals surface area (Å²) >= 11 is 0. The van der Waals surface area contributed by atoms with Gasteiger partial charge in [-0.2, -0.15) is 0 Å². The Morgan fingerprint density at radius 1 is 0.667 bits per heavy atom. The van der Waals surface area contributed by atoms with Crippen LogP contribution in [0.1, 0.15) is 104 Å². The second kappa shape index (κ2) is 21.7. The molecule has 0 aromatic rings. The van der Waals surface area contributed by atoms with Crippen molar-refractivity contribution in [3.63, 3.8) is 0 Å². The molecule has 2 N–H and O–H groups in total. The summed E-state index contributed by atoms with van der Waals surface area (Å²) in [5.74, 6) is -0.833. The number of aliphatic carboxylic acids is 1. The van der Waals surface area contributed by atoms with Gasteiger partial charge in [-0.25, -0.2) is 0 Å². The van der Waals surface area contributed by atoms with Gasteiger partial charge in [0.25, 0.3) is 5.97 Å². The minimum atomic E-state index is -0.833. The first kappa shape index (κ1) is 22.7. The van der Waals surface area contributed by atoms with E-state index in [1.54, 1.807) is 0 Å². The summed E-state index contributed by atoms with van der Waals surface area (Å²) in [6.45, 7) is 3.73. The fourth-order valence-electron chi connectivity index (χ4n) is 2.31. The fourth-order valence-corrected chi connectivity index (χ4v) is 2.31. The third-order valence-electron chi connectivity index (χ3n) is 3.51. The molecule has 0 amide bonds. The first-order valence-electron chi connectivity index (χ1n) is 8.95. The van der Waals surface area contributed by atoms with Crippen molar-refractivity contribution >= 4 is 5.97 Å². The Morgan fingerprint density at radius 2 is 0.905 bits per heavy atom. The van der Waals surface area contributed by atoms with E-state index >= 15 is 0 Å². The Kier molecular flexibility index (Phi) is 23.5. The van der Waals surface area contributed by atoms with Gasteiger partial charge in [0.05, 0.1) is 0 Å². The fraction of sp³-hybridized carbons (Fsp3) is 0.944. The molecule has 0 heterocycles. The standard InChI is InChI=1S/C16H34O.C2H4O2/c1-2-3-4-5-6-7-8-9-10-11-12-13-14-15-16-17;1-2(3)4/h17H,2-16H2,1H3;1H3,(H,3,4). The summed E-state index contributed by atoms with van der Waals surface area (Å²) in [5, 5.41) is 16.1. The second-order valence-electron chi connectivity index (χ2n) is 5.84. The van der Waals surface area contributed by atoms with Gasteiger partial charge in [0.2, 0.25) is 0 Å². The molecule has 3 heteroatoms. The van der Waals surface area contributed by atoms with E-state index in [1.165, 1.54) is 83.5 Å². The van der Waals surface area contributed by atoms with Gasteiger partial charge < -0.3 is 10.2 Å². The van der Waals surface area contributed by atoms with Crippen molar-refractivity contribution in [3.8, 4) is 0 Å². The number of aliphatic hydroxyl groups excluding tert-OH is 1. The molecule has 0 aliphatic rings. The molecule has 0 spiro atoms. The molecule has 0 aliphatic carbocycles. The van der Waals surface area contributed by atoms with Crippen LogP contribution in [0.2, 0.25) is 0 Å². The number of carbonyl (C=O) groups is 1. The van der Waals surface area contributed by atoms with Gasteiger partial charge in [0.15, 0.2) is 0 Å². The molecule has 0 saturated heterocycles. The molecule has 0 saturated carbocycles. The highest BCUT2D eigenvalue weighted by atomic mass is 16.4. The summed E-state index contributed by atoms with van der Waals surface area (Å²) in [5.41, 5.74) is 0. The maximum Gasteiger partial charge on any atom is 0.300 e. The average molecular weight is 302 g/mol. The van der Waals surface area contributed by atoms with Crippen LogP contribution in [0.15, 0.2) is 0 Å². The third kappa shape index (κ3) is 32.7. The Balaban J connectivity index is 0. The lowest BCUT2D eigenvalue weighted by atomic mass is 10.0. The molecule has 0 fully saturated rings. The third-order valence-corrected chi connectivity index (χ3v) is 3.51. The molecule has 128 valence electrons. The Morgan fingerprint density at radius 3 is 1.14 bits per heavy atom. The lowest BCUT2D eigenvalue weighted by Crippen LogP contribution is -1.84. The average Bonchev–Trinajstić information content (AvgIpc) is 2.43. The van der Waals surface area contributed by atoms with Crippen LogP contribution in [0.5, 0.6) is 0 Å². The van der Waals surface area contributed by atoms with Crippen molar-refractivity contribution in [1.82, 2.24) is 0 Å². The van der Waals surface area contributed by atoms with Gasteiger partial charge in [0, 0.05) is 13.5 Å². The number of carboxylic acids is 1. The molecule has 0 atom stereocenters. The number of unbranched alkanes of at least 4 members (excludes halogenated alkanes) is 13. The highest BCUT2D eigenvalue weighted by Crippen LogP contribution is 2.12. The Bertz CT molecular complexity index is 175. The highest BCUT2D eigenvalue weighted by molar-refractivity contribution is 5.62. The zero-order chi connectivity index (χ0) is 16.2. The van der Waals surface area contributed by atoms with Gasteiger partial charge in [-0.05, 0) is 6.42 Å². The van der Waals surface area contributed by atoms with Gasteiger partial charge in [0.1, 0.15) is 0 Å². The van der Waals surface area contributed by atoms with Crippen molar-refractivity contribution in [2.24, 2.45) is 0 Å². The van der Waals surface area contributed by atoms with E-state index in [-0.39, 0.29) is 0 Å². The molecule has 0 aromatic heterocycles. The molecular weight excluding hydrogens is 264 g/mol. The van der Waals surface area contributed by atoms with Crippen molar-refractivity contribution in [2.45, 2.75) is 104 Å². The zero-order valence-corrected chi connectivity index (χ0v) is 14.4. The minimum Gasteiger partial charge on any atom is -0.481 e. The minimum absolute atomic E-state index is 0.373. The predicted molar refractivity (Wildman–Crippen MR) is 90.7 cm³/mol. The van der Waals surface area contributed by atoms with E-state index in [9.17, 15) is 0 Å². The SMILES string of the molecule is CC(=O)O.CCCCCCCCCCCCCCCCO. The molecule has 0 aromatic carbocycles. The van der Waals surface area contributed by atoms with Crippen LogP contribution in [0.3, 0.4) is 0 Å². The van der Waals surface area contributed by atoms with Crippen LogP contribution >= 0.6 is 0 Å². The Labute approximate surface area is 132 Å². The topological polar surface area (TPSA) is 57.5 Å². The Hall–Kier alpha value is -0.570. The largest absolute Gasteiger partial charge is 0.481 e. The number of aliphatic hydroxyl groups is 1. The first-order chi connectivity index (χ1) is 10.1. The zero-order valence-electron chi connectivity index (χ0n) is 14.4. The van der Waals surface area contributed by atoms with Crippen molar-refractivity contribution in [1.29, 1.82) is 0 Å². The highest BCUT2D eigenvalue weighted by Gasteiger charge is 1.93. The lowest BCUT2D eigenvalue weighted by Gasteiger charge is -2.02. The van der Waals surface area contributed by atoms with Crippen molar-refractivity contribution in [2.75, 3.05) is 6.61 Å². The van der Waals surface area contributed by atoms with Gasteiger partial charge in [-0.1, -0.05) is 90.4 Å². The summed E-state index contributed by atoms with van der Waals surface area (Å²) in [7, 11) is 0. The van der Waals surface area contributed by atoms with E-state index in [1.807, 2.05) is 0 Å². The lowest BCUT2D eigenvalue weighted by molar-refractivity contribution is -0.134. The van der Waals surface area contributed by atoms with Gasteiger partial charge >= 0.3 is 0 Å². The van der Waals surface area contributed by atoms with Gasteiger partial charge in [-0.15, -0.1) is 0 Å². The second-order valence-corrected chi connectivity index (χ2v) is 5.84. The van der Waals surface area contributed by atoms with E-state index < -0.39 is 5.97 Å². The van der Waals surface area contributed by atoms with Crippen LogP contribution in [0.4, 0.5) is 0 Å². The number of hydrogen-bond donors (Lipinski definition) is 2. The van der Waals surface area contributed by atoms with Crippen LogP contribution in [0, 0.1) is 0 Å². The summed E-state index contributed by atoms with van der Waals surface area (Å²) in [6, 6.07) is 0. The van der Waals surface area contributed by atoms with Crippen molar-refractivity contribution < 1.29 is 15.0 Å². The molecule has 0 aliphatic heterocycles. The maximum absolute atomic E-state index is 9.00. The maximum atomic E-state index is 9.00. The van der Waals surface area contributed by atoms with Crippen molar-refractivity contribution in [3.05, 3.63) is 0 Å². The molecule has 3 nitrogen and oxygen atoms in total. The molecule has 0 unspecified atom stereocenters. The van der Waals surface area contributed by atoms with E-state index in [2.05, 4.69) is 6.92 Å². The first-order valence-corrected chi connectivity index (χ1v) is 8.95. The summed E-state index contributed by atoms with van der Waals surface area (Å²) in [4.78, 5) is 9.00. The number of carboxylic acid groups (broad SMARTS) is 1. The molecule has 0 bridgehead atoms. The van der Waals surface area contributed by atoms with Gasteiger partial charge in [-0.3, -0.25) is 4.79 Å². The molecule has 21 heavy (non-hydrogen) atoms. The molecule has 0 rings (SSSR count). The molecular formula is C18H38O3. The molecule has 0 radical (unpaired) electrons. The van der Waals surface area contributed by atoms with Crippen LogP contribution in [-0.4, -0.2) is 22.8 Å². The summed E-state index contributed by atoms with van der Waals surface area (Å²) in [6.07, 6.45) is 19.2. The van der Waals surface area contributed by atoms with Crippen LogP contribution in [-0.2, 0) is 4.79 Å². The normalized spacial score (nSPS) is 10.0. The predicted octanol–water partition coefficient (Wildman–Crippen LogP) is 5.55. The van der Waals surface area contributed by atoms with Crippen LogP contribution < -0.4 is 0 Å². The summed E-state index contributed by atoms with van der Waals surface area (Å²) < 4.78 is 0. The quantitative estimate of drug-likeness (QED) is 0.413. The van der Waals surface area contributed by atoms with E-state index in [0.717, 1.165) is 13.3 Å². The van der Waals surface area contributed by atoms with E-state index in [4.69, 9.17) is 15.0 Å². The smallest absolute Gasteiger partial charge is 0.300 e. The van der Waals surface area contributed by atoms with E-state index in [0.29, 0.717) is 6.61 Å². The van der Waals surface area contributed by atoms with Crippen LogP contribution in [0.25, 0.3) is 0 Å². The monoisotopic (exact) mass is 302 g/mol.